The zero-order valence-electron chi connectivity index (χ0n) is 15.2. The summed E-state index contributed by atoms with van der Waals surface area (Å²) in [4.78, 5) is 38.0. The minimum Gasteiger partial charge on any atom is -0.492 e. The Labute approximate surface area is 153 Å². The molecule has 0 spiro atoms. The van der Waals surface area contributed by atoms with Crippen LogP contribution in [0.2, 0.25) is 0 Å². The van der Waals surface area contributed by atoms with E-state index in [0.717, 1.165) is 37.0 Å². The van der Waals surface area contributed by atoms with Crippen molar-refractivity contribution in [1.29, 1.82) is 0 Å². The number of amides is 3. The Bertz CT molecular complexity index is 647. The fraction of sp³-hybridized carbons (Fsp3) is 0.550. The summed E-state index contributed by atoms with van der Waals surface area (Å²) in [6.07, 6.45) is 3.76. The van der Waals surface area contributed by atoms with Gasteiger partial charge in [0.1, 0.15) is 12.4 Å². The summed E-state index contributed by atoms with van der Waals surface area (Å²) in [7, 11) is 0. The molecule has 1 aromatic carbocycles. The molecule has 1 aromatic rings. The number of benzene rings is 1. The molecule has 2 aliphatic rings. The Kier molecular flexibility index (Phi) is 5.91. The molecule has 0 radical (unpaired) electrons. The van der Waals surface area contributed by atoms with Crippen LogP contribution in [0.1, 0.15) is 37.7 Å². The second-order valence-corrected chi connectivity index (χ2v) is 7.09. The van der Waals surface area contributed by atoms with Crippen LogP contribution in [0.3, 0.4) is 0 Å². The van der Waals surface area contributed by atoms with E-state index in [1.807, 2.05) is 31.2 Å². The van der Waals surface area contributed by atoms with Gasteiger partial charge in [0, 0.05) is 13.0 Å². The lowest BCUT2D eigenvalue weighted by Crippen LogP contribution is -2.36. The van der Waals surface area contributed by atoms with E-state index >= 15 is 0 Å². The van der Waals surface area contributed by atoms with E-state index in [4.69, 9.17) is 4.74 Å². The molecule has 1 aliphatic carbocycles. The number of fused-ring (bicyclic) bond motifs is 1. The maximum atomic E-state index is 12.4. The zero-order chi connectivity index (χ0) is 18.5. The molecule has 0 unspecified atom stereocenters. The third kappa shape index (κ3) is 4.23. The Morgan fingerprint density at radius 2 is 1.73 bits per heavy atom. The molecular weight excluding hydrogens is 332 g/mol. The molecule has 26 heavy (non-hydrogen) atoms. The van der Waals surface area contributed by atoms with Gasteiger partial charge in [0.15, 0.2) is 0 Å². The van der Waals surface area contributed by atoms with E-state index < -0.39 is 0 Å². The molecule has 2 atom stereocenters. The Morgan fingerprint density at radius 3 is 2.35 bits per heavy atom. The number of rotatable bonds is 7. The molecule has 0 bridgehead atoms. The number of carbonyl (C=O) groups is 3. The van der Waals surface area contributed by atoms with Gasteiger partial charge in [0.05, 0.1) is 18.4 Å². The van der Waals surface area contributed by atoms with Crippen molar-refractivity contribution >= 4 is 17.7 Å². The number of imide groups is 1. The second kappa shape index (κ2) is 8.34. The number of nitrogens with zero attached hydrogens (tertiary/aromatic N) is 1. The van der Waals surface area contributed by atoms with Gasteiger partial charge in [-0.2, -0.15) is 0 Å². The third-order valence-electron chi connectivity index (χ3n) is 5.21. The standard InChI is InChI=1S/C20H26N2O4/c1-14-6-8-15(9-7-14)26-13-11-21-18(23)10-12-22-19(24)16-4-2-3-5-17(16)20(22)25/h6-9,16-17H,2-5,10-13H2,1H3,(H,21,23)/t16-,17-/m1/s1. The van der Waals surface area contributed by atoms with Crippen molar-refractivity contribution in [2.75, 3.05) is 19.7 Å². The molecule has 6 nitrogen and oxygen atoms in total. The summed E-state index contributed by atoms with van der Waals surface area (Å²) >= 11 is 0. The Balaban J connectivity index is 1.37. The van der Waals surface area contributed by atoms with Crippen molar-refractivity contribution < 1.29 is 19.1 Å². The van der Waals surface area contributed by atoms with E-state index in [1.165, 1.54) is 4.90 Å². The van der Waals surface area contributed by atoms with Crippen molar-refractivity contribution in [3.63, 3.8) is 0 Å². The first kappa shape index (κ1) is 18.4. The minimum absolute atomic E-state index is 0.0878. The van der Waals surface area contributed by atoms with E-state index in [0.29, 0.717) is 13.2 Å². The van der Waals surface area contributed by atoms with Crippen LogP contribution >= 0.6 is 0 Å². The van der Waals surface area contributed by atoms with Crippen LogP contribution in [0.4, 0.5) is 0 Å². The lowest BCUT2D eigenvalue weighted by atomic mass is 9.81. The summed E-state index contributed by atoms with van der Waals surface area (Å²) < 4.78 is 5.55. The maximum Gasteiger partial charge on any atom is 0.233 e. The number of hydrogen-bond donors (Lipinski definition) is 1. The average molecular weight is 358 g/mol. The van der Waals surface area contributed by atoms with Gasteiger partial charge in [0.2, 0.25) is 17.7 Å². The summed E-state index contributed by atoms with van der Waals surface area (Å²) in [6.45, 7) is 2.95. The van der Waals surface area contributed by atoms with Crippen molar-refractivity contribution in [3.05, 3.63) is 29.8 Å². The number of hydrogen-bond acceptors (Lipinski definition) is 4. The summed E-state index contributed by atoms with van der Waals surface area (Å²) in [5.41, 5.74) is 1.16. The summed E-state index contributed by atoms with van der Waals surface area (Å²) in [5, 5.41) is 2.77. The van der Waals surface area contributed by atoms with Crippen LogP contribution in [0.5, 0.6) is 5.75 Å². The van der Waals surface area contributed by atoms with Crippen LogP contribution in [0.25, 0.3) is 0 Å². The number of carbonyl (C=O) groups excluding carboxylic acids is 3. The van der Waals surface area contributed by atoms with Crippen LogP contribution in [-0.2, 0) is 14.4 Å². The highest BCUT2D eigenvalue weighted by Gasteiger charge is 2.47. The topological polar surface area (TPSA) is 75.7 Å². The largest absolute Gasteiger partial charge is 0.492 e. The minimum atomic E-state index is -0.173. The summed E-state index contributed by atoms with van der Waals surface area (Å²) in [5.74, 6) is 0.114. The first-order chi connectivity index (χ1) is 12.6. The fourth-order valence-corrected chi connectivity index (χ4v) is 3.75. The van der Waals surface area contributed by atoms with Gasteiger partial charge in [-0.3, -0.25) is 19.3 Å². The molecule has 3 amide bonds. The molecule has 2 fully saturated rings. The lowest BCUT2D eigenvalue weighted by Gasteiger charge is -2.19. The van der Waals surface area contributed by atoms with Crippen LogP contribution in [-0.4, -0.2) is 42.3 Å². The summed E-state index contributed by atoms with van der Waals surface area (Å²) in [6, 6.07) is 7.72. The molecule has 1 saturated heterocycles. The van der Waals surface area contributed by atoms with E-state index in [-0.39, 0.29) is 42.5 Å². The zero-order valence-corrected chi connectivity index (χ0v) is 15.2. The van der Waals surface area contributed by atoms with Crippen LogP contribution < -0.4 is 10.1 Å². The molecular formula is C20H26N2O4. The smallest absolute Gasteiger partial charge is 0.233 e. The first-order valence-corrected chi connectivity index (χ1v) is 9.37. The molecule has 1 heterocycles. The molecule has 140 valence electrons. The van der Waals surface area contributed by atoms with Crippen molar-refractivity contribution in [3.8, 4) is 5.75 Å². The normalized spacial score (nSPS) is 22.3. The quantitative estimate of drug-likeness (QED) is 0.598. The average Bonchev–Trinajstić information content (AvgIpc) is 2.89. The molecule has 1 saturated carbocycles. The van der Waals surface area contributed by atoms with Crippen molar-refractivity contribution in [1.82, 2.24) is 10.2 Å². The van der Waals surface area contributed by atoms with E-state index in [2.05, 4.69) is 5.32 Å². The molecule has 1 aliphatic heterocycles. The van der Waals surface area contributed by atoms with Gasteiger partial charge in [-0.15, -0.1) is 0 Å². The highest BCUT2D eigenvalue weighted by Crippen LogP contribution is 2.37. The predicted octanol–water partition coefficient (Wildman–Crippen LogP) is 2.06. The first-order valence-electron chi connectivity index (χ1n) is 9.37. The number of likely N-dealkylation sites (tertiary alicyclic amines) is 1. The van der Waals surface area contributed by atoms with Gasteiger partial charge >= 0.3 is 0 Å². The van der Waals surface area contributed by atoms with Gasteiger partial charge < -0.3 is 10.1 Å². The van der Waals surface area contributed by atoms with Gasteiger partial charge in [0.25, 0.3) is 0 Å². The monoisotopic (exact) mass is 358 g/mol. The molecule has 3 rings (SSSR count). The maximum absolute atomic E-state index is 12.4. The lowest BCUT2D eigenvalue weighted by molar-refractivity contribution is -0.140. The van der Waals surface area contributed by atoms with Crippen LogP contribution in [0.15, 0.2) is 24.3 Å². The van der Waals surface area contributed by atoms with Crippen molar-refractivity contribution in [2.24, 2.45) is 11.8 Å². The number of ether oxygens (including phenoxy) is 1. The number of aryl methyl sites for hydroxylation is 1. The molecule has 6 heteroatoms. The van der Waals surface area contributed by atoms with Gasteiger partial charge in [-0.1, -0.05) is 30.5 Å². The highest BCUT2D eigenvalue weighted by atomic mass is 16.5. The molecule has 0 aromatic heterocycles. The SMILES string of the molecule is Cc1ccc(OCCNC(=O)CCN2C(=O)[C@@H]3CCCC[C@H]3C2=O)cc1. The fourth-order valence-electron chi connectivity index (χ4n) is 3.75. The van der Waals surface area contributed by atoms with Crippen LogP contribution in [0, 0.1) is 18.8 Å². The Hall–Kier alpha value is -2.37. The van der Waals surface area contributed by atoms with Crippen molar-refractivity contribution in [2.45, 2.75) is 39.0 Å². The third-order valence-corrected chi connectivity index (χ3v) is 5.21. The van der Waals surface area contributed by atoms with E-state index in [9.17, 15) is 14.4 Å². The molecule has 1 N–H and O–H groups in total. The van der Waals surface area contributed by atoms with E-state index in [1.54, 1.807) is 0 Å². The highest BCUT2D eigenvalue weighted by molar-refractivity contribution is 6.05. The Morgan fingerprint density at radius 1 is 1.12 bits per heavy atom. The van der Waals surface area contributed by atoms with Gasteiger partial charge in [-0.25, -0.2) is 0 Å². The predicted molar refractivity (Wildman–Crippen MR) is 96.5 cm³/mol. The number of nitrogens with one attached hydrogen (secondary N) is 1. The second-order valence-electron chi connectivity index (χ2n) is 7.09. The van der Waals surface area contributed by atoms with Gasteiger partial charge in [-0.05, 0) is 31.9 Å².